The number of likely N-dealkylation sites (tertiary alicyclic amines) is 1. The molecule has 6 heteroatoms. The van der Waals surface area contributed by atoms with Crippen molar-refractivity contribution < 1.29 is 9.53 Å². The zero-order chi connectivity index (χ0) is 15.5. The van der Waals surface area contributed by atoms with Crippen LogP contribution in [-0.4, -0.2) is 34.5 Å². The number of methoxy groups -OCH3 is 1. The average molecular weight is 317 g/mol. The molecular weight excluding hydrogens is 298 g/mol. The Kier molecular flexibility index (Phi) is 4.49. The number of rotatable bonds is 4. The Hall–Kier alpha value is -1.79. The van der Waals surface area contributed by atoms with E-state index in [0.717, 1.165) is 35.8 Å². The molecule has 116 valence electrons. The van der Waals surface area contributed by atoms with Crippen LogP contribution < -0.4 is 0 Å². The van der Waals surface area contributed by atoms with E-state index in [1.54, 1.807) is 11.3 Å². The lowest BCUT2D eigenvalue weighted by molar-refractivity contribution is 0.0593. The van der Waals surface area contributed by atoms with Gasteiger partial charge < -0.3 is 4.74 Å². The van der Waals surface area contributed by atoms with Crippen LogP contribution in [0.1, 0.15) is 44.8 Å². The van der Waals surface area contributed by atoms with Crippen LogP contribution in [0, 0.1) is 6.92 Å². The van der Waals surface area contributed by atoms with E-state index in [1.165, 1.54) is 12.7 Å². The first-order valence-corrected chi connectivity index (χ1v) is 8.19. The van der Waals surface area contributed by atoms with Crippen molar-refractivity contribution >= 4 is 17.3 Å². The lowest BCUT2D eigenvalue weighted by atomic mass is 10.2. The minimum absolute atomic E-state index is 0.287. The third-order valence-corrected chi connectivity index (χ3v) is 5.05. The molecule has 0 radical (unpaired) electrons. The number of hydrogen-bond acceptors (Lipinski definition) is 6. The van der Waals surface area contributed by atoms with E-state index in [2.05, 4.69) is 14.9 Å². The maximum Gasteiger partial charge on any atom is 0.357 e. The van der Waals surface area contributed by atoms with Crippen molar-refractivity contribution in [1.29, 1.82) is 0 Å². The van der Waals surface area contributed by atoms with Crippen LogP contribution in [0.15, 0.2) is 24.5 Å². The van der Waals surface area contributed by atoms with Gasteiger partial charge in [0.15, 0.2) is 5.69 Å². The molecule has 0 aliphatic carbocycles. The summed E-state index contributed by atoms with van der Waals surface area (Å²) in [5, 5.41) is 1.02. The molecule has 0 unspecified atom stereocenters. The first kappa shape index (κ1) is 15.1. The molecule has 0 N–H and O–H groups in total. The van der Waals surface area contributed by atoms with Gasteiger partial charge in [0.25, 0.3) is 0 Å². The van der Waals surface area contributed by atoms with Crippen molar-refractivity contribution in [1.82, 2.24) is 14.9 Å². The quantitative estimate of drug-likeness (QED) is 0.812. The monoisotopic (exact) mass is 317 g/mol. The molecule has 2 aromatic rings. The second-order valence-electron chi connectivity index (χ2n) is 5.43. The first-order valence-electron chi connectivity index (χ1n) is 7.37. The van der Waals surface area contributed by atoms with Gasteiger partial charge in [0.1, 0.15) is 5.01 Å². The number of carbonyl (C=O) groups is 1. The molecule has 1 fully saturated rings. The van der Waals surface area contributed by atoms with Crippen molar-refractivity contribution in [3.63, 3.8) is 0 Å². The zero-order valence-electron chi connectivity index (χ0n) is 12.8. The van der Waals surface area contributed by atoms with Crippen LogP contribution in [-0.2, 0) is 11.3 Å². The van der Waals surface area contributed by atoms with Gasteiger partial charge in [0, 0.05) is 23.8 Å². The summed E-state index contributed by atoms with van der Waals surface area (Å²) < 4.78 is 4.80. The molecule has 3 rings (SSSR count). The molecule has 1 aliphatic heterocycles. The van der Waals surface area contributed by atoms with Crippen LogP contribution in [0.2, 0.25) is 0 Å². The van der Waals surface area contributed by atoms with Crippen molar-refractivity contribution in [2.24, 2.45) is 0 Å². The highest BCUT2D eigenvalue weighted by Crippen LogP contribution is 2.36. The molecule has 3 heterocycles. The standard InChI is InChI=1S/C16H19N3O2S/c1-11-14(16(20)21-2)18-15(22-11)13-4-3-9-19(13)10-12-5-7-17-8-6-12/h5-8,13H,3-4,9-10H2,1-2H3/t13-/m0/s1. The SMILES string of the molecule is COC(=O)c1nc([C@@H]2CCCN2Cc2ccncc2)sc1C. The minimum Gasteiger partial charge on any atom is -0.464 e. The van der Waals surface area contributed by atoms with Gasteiger partial charge in [-0.1, -0.05) is 0 Å². The summed E-state index contributed by atoms with van der Waals surface area (Å²) in [6.45, 7) is 3.87. The van der Waals surface area contributed by atoms with E-state index >= 15 is 0 Å². The van der Waals surface area contributed by atoms with Gasteiger partial charge in [-0.2, -0.15) is 0 Å². The molecular formula is C16H19N3O2S. The summed E-state index contributed by atoms with van der Waals surface area (Å²) in [5.74, 6) is -0.348. The Morgan fingerprint density at radius 1 is 1.45 bits per heavy atom. The number of hydrogen-bond donors (Lipinski definition) is 0. The van der Waals surface area contributed by atoms with Gasteiger partial charge in [0.05, 0.1) is 13.2 Å². The van der Waals surface area contributed by atoms with Crippen LogP contribution in [0.5, 0.6) is 0 Å². The summed E-state index contributed by atoms with van der Waals surface area (Å²) in [7, 11) is 1.39. The van der Waals surface area contributed by atoms with Crippen molar-refractivity contribution in [3.05, 3.63) is 45.7 Å². The molecule has 0 amide bonds. The van der Waals surface area contributed by atoms with E-state index in [9.17, 15) is 4.79 Å². The second-order valence-corrected chi connectivity index (χ2v) is 6.67. The topological polar surface area (TPSA) is 55.3 Å². The summed E-state index contributed by atoms with van der Waals surface area (Å²) in [6, 6.07) is 4.38. The van der Waals surface area contributed by atoms with Crippen LogP contribution in [0.3, 0.4) is 0 Å². The molecule has 1 aliphatic rings. The van der Waals surface area contributed by atoms with Gasteiger partial charge in [0.2, 0.25) is 0 Å². The lowest BCUT2D eigenvalue weighted by Crippen LogP contribution is -2.22. The molecule has 5 nitrogen and oxygen atoms in total. The highest BCUT2D eigenvalue weighted by atomic mass is 32.1. The fourth-order valence-corrected chi connectivity index (χ4v) is 3.94. The molecule has 2 aromatic heterocycles. The van der Waals surface area contributed by atoms with E-state index in [4.69, 9.17) is 4.74 Å². The number of thiazole rings is 1. The van der Waals surface area contributed by atoms with E-state index in [0.29, 0.717) is 5.69 Å². The number of aromatic nitrogens is 2. The van der Waals surface area contributed by atoms with Crippen LogP contribution >= 0.6 is 11.3 Å². The highest BCUT2D eigenvalue weighted by Gasteiger charge is 2.30. The van der Waals surface area contributed by atoms with Crippen molar-refractivity contribution in [3.8, 4) is 0 Å². The van der Waals surface area contributed by atoms with Crippen molar-refractivity contribution in [2.75, 3.05) is 13.7 Å². The minimum atomic E-state index is -0.348. The van der Waals surface area contributed by atoms with Gasteiger partial charge in [-0.05, 0) is 44.0 Å². The second kappa shape index (κ2) is 6.54. The molecule has 22 heavy (non-hydrogen) atoms. The van der Waals surface area contributed by atoms with Gasteiger partial charge in [-0.25, -0.2) is 9.78 Å². The number of ether oxygens (including phenoxy) is 1. The average Bonchev–Trinajstić information content (AvgIpc) is 3.14. The zero-order valence-corrected chi connectivity index (χ0v) is 13.6. The largest absolute Gasteiger partial charge is 0.464 e. The maximum atomic E-state index is 11.7. The molecule has 1 saturated heterocycles. The molecule has 0 bridgehead atoms. The Bertz CT molecular complexity index is 657. The maximum absolute atomic E-state index is 11.7. The summed E-state index contributed by atoms with van der Waals surface area (Å²) >= 11 is 1.60. The molecule has 1 atom stereocenters. The highest BCUT2D eigenvalue weighted by molar-refractivity contribution is 7.11. The van der Waals surface area contributed by atoms with Gasteiger partial charge >= 0.3 is 5.97 Å². The number of aryl methyl sites for hydroxylation is 1. The fourth-order valence-electron chi connectivity index (χ4n) is 2.86. The molecule has 0 spiro atoms. The number of carbonyl (C=O) groups excluding carboxylic acids is 1. The van der Waals surface area contributed by atoms with Crippen molar-refractivity contribution in [2.45, 2.75) is 32.4 Å². The first-order chi connectivity index (χ1) is 10.7. The Morgan fingerprint density at radius 3 is 2.95 bits per heavy atom. The Balaban J connectivity index is 1.80. The Labute approximate surface area is 134 Å². The Morgan fingerprint density at radius 2 is 2.23 bits per heavy atom. The summed E-state index contributed by atoms with van der Waals surface area (Å²) in [6.07, 6.45) is 5.88. The molecule has 0 saturated carbocycles. The van der Waals surface area contributed by atoms with Crippen LogP contribution in [0.4, 0.5) is 0 Å². The van der Waals surface area contributed by atoms with E-state index < -0.39 is 0 Å². The summed E-state index contributed by atoms with van der Waals surface area (Å²) in [4.78, 5) is 23.7. The predicted molar refractivity (Wildman–Crippen MR) is 84.8 cm³/mol. The van der Waals surface area contributed by atoms with E-state index in [1.807, 2.05) is 31.5 Å². The number of esters is 1. The van der Waals surface area contributed by atoms with Gasteiger partial charge in [-0.3, -0.25) is 9.88 Å². The smallest absolute Gasteiger partial charge is 0.357 e. The third-order valence-electron chi connectivity index (χ3n) is 3.98. The summed E-state index contributed by atoms with van der Waals surface area (Å²) in [5.41, 5.74) is 1.71. The third kappa shape index (κ3) is 3.03. The van der Waals surface area contributed by atoms with Crippen LogP contribution in [0.25, 0.3) is 0 Å². The van der Waals surface area contributed by atoms with E-state index in [-0.39, 0.29) is 12.0 Å². The van der Waals surface area contributed by atoms with Gasteiger partial charge in [-0.15, -0.1) is 11.3 Å². The number of pyridine rings is 1. The predicted octanol–water partition coefficient (Wildman–Crippen LogP) is 2.97. The fraction of sp³-hybridized carbons (Fsp3) is 0.438. The lowest BCUT2D eigenvalue weighted by Gasteiger charge is -2.22. The molecule has 0 aromatic carbocycles. The normalized spacial score (nSPS) is 18.5. The number of nitrogens with zero attached hydrogens (tertiary/aromatic N) is 3.